The Hall–Kier alpha value is -3.54. The standard InChI is InChI=1S/C35H45N3O8/c1-44-22-25-30(23-12-4-2-5-13-23)45-34(43)28-26(16-8-9-17-27(40)36-25)46-35-18-10-19-37(24-14-6-3-7-15-24)33(42)31(35)38(20-11-21-39)32(41)29(28)35/h2,4-5,8,10,12-13,16,18,24-26,28-31,39H,3,6-7,9,11,14-15,17,19-22H2,1H3,(H,36,40)/b16-8-/t25-,26-,28+,29+,30-,31-,35+/m1/s1. The van der Waals surface area contributed by atoms with Crippen molar-refractivity contribution in [2.75, 3.05) is 33.4 Å². The summed E-state index contributed by atoms with van der Waals surface area (Å²) in [4.78, 5) is 59.8. The first-order valence-corrected chi connectivity index (χ1v) is 16.7. The van der Waals surface area contributed by atoms with Crippen molar-refractivity contribution in [3.8, 4) is 0 Å². The van der Waals surface area contributed by atoms with Gasteiger partial charge in [-0.15, -0.1) is 0 Å². The fourth-order valence-corrected chi connectivity index (χ4v) is 8.11. The van der Waals surface area contributed by atoms with Crippen LogP contribution in [0.4, 0.5) is 0 Å². The number of allylic oxidation sites excluding steroid dienone is 1. The molecule has 0 bridgehead atoms. The molecule has 5 aliphatic rings. The second-order valence-corrected chi connectivity index (χ2v) is 13.0. The summed E-state index contributed by atoms with van der Waals surface area (Å²) in [6.45, 7) is 0.513. The maximum absolute atomic E-state index is 14.6. The van der Waals surface area contributed by atoms with Crippen molar-refractivity contribution in [3.05, 3.63) is 60.2 Å². The van der Waals surface area contributed by atoms with Crippen LogP contribution in [0.15, 0.2) is 54.6 Å². The van der Waals surface area contributed by atoms with Gasteiger partial charge in [0.1, 0.15) is 23.7 Å². The normalized spacial score (nSPS) is 34.5. The molecule has 0 radical (unpaired) electrons. The van der Waals surface area contributed by atoms with Crippen molar-refractivity contribution >= 4 is 23.7 Å². The lowest BCUT2D eigenvalue weighted by atomic mass is 9.77. The van der Waals surface area contributed by atoms with E-state index in [1.54, 1.807) is 12.2 Å². The van der Waals surface area contributed by atoms with Gasteiger partial charge in [-0.25, -0.2) is 0 Å². The number of aliphatic hydroxyl groups is 1. The second-order valence-electron chi connectivity index (χ2n) is 13.0. The largest absolute Gasteiger partial charge is 0.455 e. The Labute approximate surface area is 269 Å². The first-order valence-electron chi connectivity index (χ1n) is 16.7. The van der Waals surface area contributed by atoms with Crippen LogP contribution in [0.5, 0.6) is 0 Å². The van der Waals surface area contributed by atoms with E-state index >= 15 is 0 Å². The Kier molecular flexibility index (Phi) is 9.91. The van der Waals surface area contributed by atoms with Crippen LogP contribution < -0.4 is 5.32 Å². The number of methoxy groups -OCH3 is 1. The fourth-order valence-electron chi connectivity index (χ4n) is 8.11. The lowest BCUT2D eigenvalue weighted by Gasteiger charge is -2.39. The fraction of sp³-hybridized carbons (Fsp3) is 0.600. The predicted molar refractivity (Wildman–Crippen MR) is 167 cm³/mol. The van der Waals surface area contributed by atoms with Crippen molar-refractivity contribution < 1.29 is 38.5 Å². The highest BCUT2D eigenvalue weighted by Crippen LogP contribution is 2.53. The Bertz CT molecular complexity index is 1340. The van der Waals surface area contributed by atoms with Gasteiger partial charge in [-0.05, 0) is 31.2 Å². The van der Waals surface area contributed by atoms with E-state index in [1.165, 1.54) is 12.0 Å². The number of carbonyl (C=O) groups excluding carboxylic acids is 4. The van der Waals surface area contributed by atoms with Gasteiger partial charge in [0.2, 0.25) is 17.7 Å². The highest BCUT2D eigenvalue weighted by molar-refractivity contribution is 5.99. The molecule has 1 aromatic rings. The van der Waals surface area contributed by atoms with E-state index in [9.17, 15) is 24.3 Å². The SMILES string of the molecule is COC[C@H]1NC(=O)CC/C=C\[C@H]2O[C@]34C=CCN(C5CCCCC5)C(=O)[C@H]3N(CCCO)C(=O)[C@@H]4[C@H]2C(=O)O[C@@H]1c1ccccc1. The quantitative estimate of drug-likeness (QED) is 0.345. The average Bonchev–Trinajstić information content (AvgIpc) is 3.45. The number of amides is 3. The van der Waals surface area contributed by atoms with Crippen molar-refractivity contribution in [1.82, 2.24) is 15.1 Å². The molecule has 4 aliphatic heterocycles. The minimum atomic E-state index is -1.39. The molecule has 6 rings (SSSR count). The molecule has 4 heterocycles. The van der Waals surface area contributed by atoms with Gasteiger partial charge in [-0.2, -0.15) is 0 Å². The molecule has 3 fully saturated rings. The summed E-state index contributed by atoms with van der Waals surface area (Å²) >= 11 is 0. The summed E-state index contributed by atoms with van der Waals surface area (Å²) < 4.78 is 18.5. The van der Waals surface area contributed by atoms with E-state index in [0.29, 0.717) is 24.9 Å². The van der Waals surface area contributed by atoms with Gasteiger partial charge in [0.15, 0.2) is 0 Å². The molecule has 11 nitrogen and oxygen atoms in total. The van der Waals surface area contributed by atoms with E-state index in [0.717, 1.165) is 32.1 Å². The molecule has 0 unspecified atom stereocenters. The summed E-state index contributed by atoms with van der Waals surface area (Å²) in [6, 6.07) is 7.57. The van der Waals surface area contributed by atoms with Gasteiger partial charge >= 0.3 is 5.97 Å². The molecule has 1 saturated carbocycles. The van der Waals surface area contributed by atoms with Crippen molar-refractivity contribution in [2.45, 2.75) is 87.3 Å². The number of fused-ring (bicyclic) bond motifs is 2. The predicted octanol–water partition coefficient (Wildman–Crippen LogP) is 2.45. The van der Waals surface area contributed by atoms with Crippen LogP contribution in [0.1, 0.15) is 63.0 Å². The molecular weight excluding hydrogens is 590 g/mol. The van der Waals surface area contributed by atoms with Gasteiger partial charge in [0.05, 0.1) is 24.7 Å². The lowest BCUT2D eigenvalue weighted by Crippen LogP contribution is -2.57. The van der Waals surface area contributed by atoms with Gasteiger partial charge in [0.25, 0.3) is 0 Å². The van der Waals surface area contributed by atoms with Crippen LogP contribution in [-0.4, -0.2) is 102 Å². The van der Waals surface area contributed by atoms with E-state index in [4.69, 9.17) is 14.2 Å². The molecule has 46 heavy (non-hydrogen) atoms. The van der Waals surface area contributed by atoms with Crippen molar-refractivity contribution in [1.29, 1.82) is 0 Å². The highest BCUT2D eigenvalue weighted by Gasteiger charge is 2.72. The summed E-state index contributed by atoms with van der Waals surface area (Å²) in [6.07, 6.45) is 11.5. The Morgan fingerprint density at radius 3 is 2.57 bits per heavy atom. The number of nitrogens with one attached hydrogen (secondary N) is 1. The number of ether oxygens (including phenoxy) is 3. The number of likely N-dealkylation sites (tertiary alicyclic amines) is 1. The minimum Gasteiger partial charge on any atom is -0.455 e. The molecule has 11 heteroatoms. The topological polar surface area (TPSA) is 135 Å². The second kappa shape index (κ2) is 14.1. The molecule has 7 atom stereocenters. The first kappa shape index (κ1) is 32.4. The molecule has 1 aromatic carbocycles. The Morgan fingerprint density at radius 1 is 1.04 bits per heavy atom. The van der Waals surface area contributed by atoms with Crippen LogP contribution >= 0.6 is 0 Å². The maximum Gasteiger partial charge on any atom is 0.313 e. The molecule has 2 N–H and O–H groups in total. The number of hydrogen-bond donors (Lipinski definition) is 2. The Morgan fingerprint density at radius 2 is 1.83 bits per heavy atom. The third-order valence-corrected chi connectivity index (χ3v) is 10.2. The van der Waals surface area contributed by atoms with Crippen LogP contribution in [0.3, 0.4) is 0 Å². The smallest absolute Gasteiger partial charge is 0.313 e. The van der Waals surface area contributed by atoms with E-state index in [1.807, 2.05) is 47.4 Å². The lowest BCUT2D eigenvalue weighted by molar-refractivity contribution is -0.162. The van der Waals surface area contributed by atoms with E-state index < -0.39 is 47.7 Å². The van der Waals surface area contributed by atoms with Gasteiger partial charge in [-0.3, -0.25) is 19.2 Å². The summed E-state index contributed by atoms with van der Waals surface area (Å²) in [5, 5.41) is 12.7. The first-order chi connectivity index (χ1) is 22.4. The maximum atomic E-state index is 14.6. The Balaban J connectivity index is 1.41. The molecule has 2 saturated heterocycles. The van der Waals surface area contributed by atoms with Crippen LogP contribution in [0, 0.1) is 11.8 Å². The molecular formula is C35H45N3O8. The summed E-state index contributed by atoms with van der Waals surface area (Å²) in [7, 11) is 1.52. The van der Waals surface area contributed by atoms with E-state index in [-0.39, 0.29) is 49.9 Å². The third kappa shape index (κ3) is 6.00. The third-order valence-electron chi connectivity index (χ3n) is 10.2. The number of hydrogen-bond acceptors (Lipinski definition) is 8. The monoisotopic (exact) mass is 635 g/mol. The zero-order valence-electron chi connectivity index (χ0n) is 26.4. The van der Waals surface area contributed by atoms with Gasteiger partial charge in [-0.1, -0.05) is 73.9 Å². The summed E-state index contributed by atoms with van der Waals surface area (Å²) in [5.41, 5.74) is -0.724. The van der Waals surface area contributed by atoms with Crippen LogP contribution in [-0.2, 0) is 33.4 Å². The number of aliphatic hydroxyl groups excluding tert-OH is 1. The molecule has 0 aromatic heterocycles. The van der Waals surface area contributed by atoms with Crippen LogP contribution in [0.25, 0.3) is 0 Å². The number of cyclic esters (lactones) is 1. The number of nitrogens with zero attached hydrogens (tertiary/aromatic N) is 2. The van der Waals surface area contributed by atoms with E-state index in [2.05, 4.69) is 5.32 Å². The molecule has 3 amide bonds. The number of rotatable bonds is 7. The van der Waals surface area contributed by atoms with Crippen molar-refractivity contribution in [3.63, 3.8) is 0 Å². The minimum absolute atomic E-state index is 0.0729. The number of esters is 1. The zero-order valence-corrected chi connectivity index (χ0v) is 26.4. The van der Waals surface area contributed by atoms with Gasteiger partial charge in [0, 0.05) is 39.3 Å². The molecule has 248 valence electrons. The number of carbonyl (C=O) groups is 4. The molecule has 1 aliphatic carbocycles. The highest BCUT2D eigenvalue weighted by atomic mass is 16.6. The summed E-state index contributed by atoms with van der Waals surface area (Å²) in [5.74, 6) is -3.46. The van der Waals surface area contributed by atoms with Gasteiger partial charge < -0.3 is 34.4 Å². The van der Waals surface area contributed by atoms with Crippen LogP contribution in [0.2, 0.25) is 0 Å². The zero-order chi connectivity index (χ0) is 32.3. The number of benzene rings is 1. The van der Waals surface area contributed by atoms with Crippen molar-refractivity contribution in [2.24, 2.45) is 11.8 Å². The molecule has 1 spiro atoms. The average molecular weight is 636 g/mol.